The summed E-state index contributed by atoms with van der Waals surface area (Å²) in [6.45, 7) is 4.71. The maximum absolute atomic E-state index is 6.43. The van der Waals surface area contributed by atoms with Crippen LogP contribution in [0.15, 0.2) is 356 Å². The van der Waals surface area contributed by atoms with Crippen LogP contribution in [0.25, 0.3) is 88.0 Å². The van der Waals surface area contributed by atoms with E-state index >= 15 is 0 Å². The number of furan rings is 1. The van der Waals surface area contributed by atoms with Crippen molar-refractivity contribution in [3.63, 3.8) is 0 Å². The Labute approximate surface area is 543 Å². The highest BCUT2D eigenvalue weighted by Crippen LogP contribution is 2.57. The van der Waals surface area contributed by atoms with Crippen LogP contribution in [0.2, 0.25) is 0 Å². The average Bonchev–Trinajstić information content (AvgIpc) is 1.58. The van der Waals surface area contributed by atoms with Crippen LogP contribution in [0.3, 0.4) is 0 Å². The van der Waals surface area contributed by atoms with Gasteiger partial charge in [0.1, 0.15) is 11.2 Å². The molecule has 0 spiro atoms. The second-order valence-electron chi connectivity index (χ2n) is 25.1. The molecule has 0 fully saturated rings. The third-order valence-electron chi connectivity index (χ3n) is 19.6. The van der Waals surface area contributed by atoms with Gasteiger partial charge in [-0.3, -0.25) is 0 Å². The van der Waals surface area contributed by atoms with Gasteiger partial charge in [0.05, 0.1) is 5.41 Å². The normalized spacial score (nSPS) is 13.0. The van der Waals surface area contributed by atoms with E-state index in [0.717, 1.165) is 61.4 Å². The Bertz CT molecular complexity index is 5400. The van der Waals surface area contributed by atoms with Crippen molar-refractivity contribution in [1.82, 2.24) is 0 Å². The van der Waals surface area contributed by atoms with Gasteiger partial charge in [-0.1, -0.05) is 281 Å². The molecule has 16 aromatic rings. The molecule has 0 unspecified atom stereocenters. The first kappa shape index (κ1) is 55.3. The molecule has 0 saturated carbocycles. The van der Waals surface area contributed by atoms with E-state index in [1.54, 1.807) is 0 Å². The first-order chi connectivity index (χ1) is 45.9. The maximum atomic E-state index is 6.43. The summed E-state index contributed by atoms with van der Waals surface area (Å²) in [5.74, 6) is 0. The van der Waals surface area contributed by atoms with Gasteiger partial charge in [-0.05, 0) is 179 Å². The van der Waals surface area contributed by atoms with Gasteiger partial charge in [0.25, 0.3) is 0 Å². The Morgan fingerprint density at radius 2 is 0.656 bits per heavy atom. The average molecular weight is 1190 g/mol. The molecule has 0 atom stereocenters. The fraction of sp³-hybridized carbons (Fsp3) is 0.0444. The molecule has 0 saturated heterocycles. The van der Waals surface area contributed by atoms with Gasteiger partial charge >= 0.3 is 0 Å². The summed E-state index contributed by atoms with van der Waals surface area (Å²) in [6.07, 6.45) is 0. The van der Waals surface area contributed by atoms with Gasteiger partial charge in [0.2, 0.25) is 0 Å². The Morgan fingerprint density at radius 3 is 1.26 bits per heavy atom. The smallest absolute Gasteiger partial charge is 0.143 e. The van der Waals surface area contributed by atoms with E-state index in [1.807, 2.05) is 12.1 Å². The van der Waals surface area contributed by atoms with Crippen molar-refractivity contribution in [1.29, 1.82) is 0 Å². The zero-order valence-electron chi connectivity index (χ0n) is 51.8. The lowest BCUT2D eigenvalue weighted by molar-refractivity contribution is 0.660. The third-order valence-corrected chi connectivity index (χ3v) is 19.6. The molecule has 1 aromatic heterocycles. The summed E-state index contributed by atoms with van der Waals surface area (Å²) in [4.78, 5) is 4.74. The lowest BCUT2D eigenvalue weighted by Gasteiger charge is -2.34. The largest absolute Gasteiger partial charge is 0.455 e. The van der Waals surface area contributed by atoms with E-state index in [9.17, 15) is 0 Å². The molecule has 15 aromatic carbocycles. The van der Waals surface area contributed by atoms with E-state index in [-0.39, 0.29) is 5.41 Å². The van der Waals surface area contributed by atoms with Crippen LogP contribution in [0.5, 0.6) is 0 Å². The monoisotopic (exact) mass is 1190 g/mol. The molecule has 2 aliphatic carbocycles. The summed E-state index contributed by atoms with van der Waals surface area (Å²) in [5.41, 5.74) is 26.2. The van der Waals surface area contributed by atoms with Gasteiger partial charge < -0.3 is 14.2 Å². The SMILES string of the molecule is CC1(C)c2ccccc2-c2ccc(N(c3ccc(-c4ccccc4)cc3)c3ccc(C4(c5ccccc5)c5ccccc5-c5ccccc54)cc3)cc21.c1ccc(-c2ccc(N(c3ccccc3)c3ccc4c(ccc5ccc6c7ccccc7oc6c54)c3)cc2)cc1. The number of benzene rings is 15. The highest BCUT2D eigenvalue weighted by molar-refractivity contribution is 6.23. The molecule has 0 bridgehead atoms. The minimum atomic E-state index is -0.432. The van der Waals surface area contributed by atoms with Gasteiger partial charge in [0.15, 0.2) is 0 Å². The Kier molecular flexibility index (Phi) is 13.4. The third kappa shape index (κ3) is 9.26. The first-order valence-corrected chi connectivity index (χ1v) is 32.2. The fourth-order valence-corrected chi connectivity index (χ4v) is 15.2. The van der Waals surface area contributed by atoms with Crippen LogP contribution >= 0.6 is 0 Å². The van der Waals surface area contributed by atoms with Crippen molar-refractivity contribution in [2.45, 2.75) is 24.7 Å². The lowest BCUT2D eigenvalue weighted by atomic mass is 9.68. The molecule has 440 valence electrons. The van der Waals surface area contributed by atoms with Gasteiger partial charge in [0, 0.05) is 55.7 Å². The fourth-order valence-electron chi connectivity index (χ4n) is 15.2. The van der Waals surface area contributed by atoms with E-state index in [4.69, 9.17) is 4.42 Å². The van der Waals surface area contributed by atoms with Crippen molar-refractivity contribution in [2.75, 3.05) is 9.80 Å². The van der Waals surface area contributed by atoms with Crippen molar-refractivity contribution >= 4 is 77.6 Å². The number of para-hydroxylation sites is 2. The minimum absolute atomic E-state index is 0.0973. The Hall–Kier alpha value is -11.8. The molecule has 3 nitrogen and oxygen atoms in total. The van der Waals surface area contributed by atoms with Crippen molar-refractivity contribution < 1.29 is 4.42 Å². The van der Waals surface area contributed by atoms with Crippen molar-refractivity contribution in [3.05, 3.63) is 385 Å². The molecule has 93 heavy (non-hydrogen) atoms. The molecule has 0 aliphatic heterocycles. The quantitative estimate of drug-likeness (QED) is 0.127. The lowest BCUT2D eigenvalue weighted by Crippen LogP contribution is -2.28. The summed E-state index contributed by atoms with van der Waals surface area (Å²) >= 11 is 0. The number of hydrogen-bond acceptors (Lipinski definition) is 3. The minimum Gasteiger partial charge on any atom is -0.455 e. The molecule has 18 rings (SSSR count). The van der Waals surface area contributed by atoms with Crippen LogP contribution in [0.4, 0.5) is 34.1 Å². The van der Waals surface area contributed by atoms with Crippen molar-refractivity contribution in [3.8, 4) is 44.5 Å². The van der Waals surface area contributed by atoms with Gasteiger partial charge in [-0.25, -0.2) is 0 Å². The number of fused-ring (bicyclic) bond motifs is 13. The predicted octanol–water partition coefficient (Wildman–Crippen LogP) is 24.5. The van der Waals surface area contributed by atoms with Crippen LogP contribution in [0, 0.1) is 0 Å². The summed E-state index contributed by atoms with van der Waals surface area (Å²) < 4.78 is 6.43. The molecule has 0 N–H and O–H groups in total. The summed E-state index contributed by atoms with van der Waals surface area (Å²) in [5, 5.41) is 7.03. The zero-order chi connectivity index (χ0) is 62.0. The molecule has 1 heterocycles. The number of hydrogen-bond donors (Lipinski definition) is 0. The zero-order valence-corrected chi connectivity index (χ0v) is 51.8. The van der Waals surface area contributed by atoms with Crippen LogP contribution < -0.4 is 9.80 Å². The molecule has 3 heteroatoms. The maximum Gasteiger partial charge on any atom is 0.143 e. The van der Waals surface area contributed by atoms with E-state index in [0.29, 0.717) is 0 Å². The predicted molar refractivity (Wildman–Crippen MR) is 390 cm³/mol. The van der Waals surface area contributed by atoms with Gasteiger partial charge in [-0.15, -0.1) is 0 Å². The molecule has 0 amide bonds. The molecule has 0 radical (unpaired) electrons. The topological polar surface area (TPSA) is 19.6 Å². The number of rotatable bonds is 10. The molecular weight excluding hydrogens is 1130 g/mol. The second-order valence-corrected chi connectivity index (χ2v) is 25.1. The van der Waals surface area contributed by atoms with Crippen molar-refractivity contribution in [2.24, 2.45) is 0 Å². The van der Waals surface area contributed by atoms with Crippen LogP contribution in [-0.4, -0.2) is 0 Å². The second kappa shape index (κ2) is 22.6. The Balaban J connectivity index is 0.000000148. The highest BCUT2D eigenvalue weighted by Gasteiger charge is 2.46. The molecular formula is C90H64N2O. The van der Waals surface area contributed by atoms with E-state index in [1.165, 1.54) is 94.0 Å². The van der Waals surface area contributed by atoms with E-state index < -0.39 is 5.41 Å². The number of nitrogens with zero attached hydrogens (tertiary/aromatic N) is 2. The highest BCUT2D eigenvalue weighted by atomic mass is 16.3. The van der Waals surface area contributed by atoms with E-state index in [2.05, 4.69) is 363 Å². The Morgan fingerprint density at radius 1 is 0.258 bits per heavy atom. The van der Waals surface area contributed by atoms with Crippen LogP contribution in [0.1, 0.15) is 47.2 Å². The van der Waals surface area contributed by atoms with Gasteiger partial charge in [-0.2, -0.15) is 0 Å². The molecule has 2 aliphatic rings. The summed E-state index contributed by atoms with van der Waals surface area (Å²) in [6, 6.07) is 128. The van der Waals surface area contributed by atoms with Crippen LogP contribution in [-0.2, 0) is 10.8 Å². The number of anilines is 6. The first-order valence-electron chi connectivity index (χ1n) is 32.2. The standard InChI is InChI=1S/C52H39N.C38H25NO/c1-51(2)47-22-12-9-19-43(47)46-34-33-42(35-50(46)51)53(40-29-25-37(26-30-40)36-15-5-3-6-16-36)41-31-27-39(28-32-41)52(38-17-7-4-8-18-38)48-23-13-10-20-44(48)45-21-11-14-24-49(45)52;1-3-9-26(10-4-1)27-17-20-31(21-18-27)39(30-11-5-2-6-12-30)32-22-24-33-29(25-32)16-15-28-19-23-35-34-13-7-8-14-36(34)40-38(35)37(28)33/h3-35H,1-2H3;1-25H. The summed E-state index contributed by atoms with van der Waals surface area (Å²) in [7, 11) is 0.